The van der Waals surface area contributed by atoms with Crippen LogP contribution in [-0.4, -0.2) is 0 Å². The second-order valence-electron chi connectivity index (χ2n) is 10.0. The Labute approximate surface area is 190 Å². The van der Waals surface area contributed by atoms with Crippen molar-refractivity contribution in [3.8, 4) is 0 Å². The van der Waals surface area contributed by atoms with Crippen LogP contribution in [0.2, 0.25) is 0 Å². The standard InChI is InChI=1S/C30H28N2/c1-29(2)21-14-8-10-16-25(21)31-26-18-24-28(19-23(26)29)32(20-12-6-5-7-13-20)27-17-11-9-15-22(27)30(24,3)4/h5-19,31H,1-4H3. The first-order valence-corrected chi connectivity index (χ1v) is 11.4. The molecule has 0 aliphatic carbocycles. The minimum atomic E-state index is -0.102. The quantitative estimate of drug-likeness (QED) is 0.336. The summed E-state index contributed by atoms with van der Waals surface area (Å²) < 4.78 is 0. The molecule has 0 fully saturated rings. The van der Waals surface area contributed by atoms with Gasteiger partial charge in [0.1, 0.15) is 0 Å². The zero-order valence-electron chi connectivity index (χ0n) is 19.1. The molecule has 32 heavy (non-hydrogen) atoms. The minimum Gasteiger partial charge on any atom is -0.355 e. The molecule has 0 unspecified atom stereocenters. The van der Waals surface area contributed by atoms with Crippen molar-refractivity contribution in [1.29, 1.82) is 0 Å². The molecule has 0 atom stereocenters. The van der Waals surface area contributed by atoms with E-state index < -0.39 is 0 Å². The number of nitrogens with zero attached hydrogens (tertiary/aromatic N) is 1. The van der Waals surface area contributed by atoms with Gasteiger partial charge >= 0.3 is 0 Å². The molecule has 4 aromatic rings. The highest BCUT2D eigenvalue weighted by Gasteiger charge is 2.40. The Balaban J connectivity index is 1.66. The maximum absolute atomic E-state index is 3.74. The lowest BCUT2D eigenvalue weighted by Gasteiger charge is -2.44. The Morgan fingerprint density at radius 3 is 1.94 bits per heavy atom. The molecule has 2 aliphatic heterocycles. The van der Waals surface area contributed by atoms with Gasteiger partial charge in [0.25, 0.3) is 0 Å². The molecule has 0 saturated carbocycles. The van der Waals surface area contributed by atoms with Gasteiger partial charge in [-0.15, -0.1) is 0 Å². The third-order valence-electron chi connectivity index (χ3n) is 7.43. The van der Waals surface area contributed by atoms with Gasteiger partial charge in [0.15, 0.2) is 0 Å². The van der Waals surface area contributed by atoms with Crippen LogP contribution in [0.4, 0.5) is 28.4 Å². The number of hydrogen-bond donors (Lipinski definition) is 1. The lowest BCUT2D eigenvalue weighted by molar-refractivity contribution is 0.619. The zero-order valence-corrected chi connectivity index (χ0v) is 19.1. The summed E-state index contributed by atoms with van der Waals surface area (Å²) in [5.74, 6) is 0. The van der Waals surface area contributed by atoms with Gasteiger partial charge in [-0.1, -0.05) is 82.3 Å². The summed E-state index contributed by atoms with van der Waals surface area (Å²) in [5.41, 5.74) is 11.3. The molecule has 6 rings (SSSR count). The molecular formula is C30H28N2. The van der Waals surface area contributed by atoms with Crippen LogP contribution in [0.15, 0.2) is 91.0 Å². The number of benzene rings is 4. The number of nitrogens with one attached hydrogen (secondary N) is 1. The fraction of sp³-hybridized carbons (Fsp3) is 0.200. The fourth-order valence-electron chi connectivity index (χ4n) is 5.65. The monoisotopic (exact) mass is 416 g/mol. The van der Waals surface area contributed by atoms with Crippen LogP contribution in [0.5, 0.6) is 0 Å². The number of hydrogen-bond acceptors (Lipinski definition) is 2. The van der Waals surface area contributed by atoms with E-state index in [9.17, 15) is 0 Å². The van der Waals surface area contributed by atoms with Gasteiger partial charge in [0, 0.05) is 27.9 Å². The van der Waals surface area contributed by atoms with Crippen molar-refractivity contribution >= 4 is 28.4 Å². The van der Waals surface area contributed by atoms with Crippen molar-refractivity contribution in [3.05, 3.63) is 113 Å². The normalized spacial score (nSPS) is 16.8. The van der Waals surface area contributed by atoms with Crippen molar-refractivity contribution in [2.24, 2.45) is 0 Å². The molecule has 0 spiro atoms. The van der Waals surface area contributed by atoms with Gasteiger partial charge in [-0.2, -0.15) is 0 Å². The highest BCUT2D eigenvalue weighted by molar-refractivity contribution is 5.89. The van der Waals surface area contributed by atoms with Crippen LogP contribution in [0.1, 0.15) is 49.9 Å². The van der Waals surface area contributed by atoms with Crippen LogP contribution in [0.3, 0.4) is 0 Å². The molecule has 2 heteroatoms. The molecule has 0 aromatic heterocycles. The molecule has 0 bridgehead atoms. The average Bonchev–Trinajstić information content (AvgIpc) is 2.80. The largest absolute Gasteiger partial charge is 0.355 e. The van der Waals surface area contributed by atoms with E-state index >= 15 is 0 Å². The Morgan fingerprint density at radius 1 is 0.531 bits per heavy atom. The summed E-state index contributed by atoms with van der Waals surface area (Å²) in [6.07, 6.45) is 0. The molecule has 2 heterocycles. The molecule has 0 saturated heterocycles. The van der Waals surface area contributed by atoms with E-state index in [1.165, 1.54) is 50.7 Å². The van der Waals surface area contributed by atoms with Crippen LogP contribution in [0.25, 0.3) is 0 Å². The SMILES string of the molecule is CC1(C)c2ccccc2Nc2cc3c(cc21)N(c1ccccc1)c1ccccc1C3(C)C. The van der Waals surface area contributed by atoms with Gasteiger partial charge in [0.05, 0.1) is 11.4 Å². The summed E-state index contributed by atoms with van der Waals surface area (Å²) in [6.45, 7) is 9.38. The second kappa shape index (κ2) is 6.49. The maximum atomic E-state index is 3.74. The second-order valence-corrected chi connectivity index (χ2v) is 10.0. The fourth-order valence-corrected chi connectivity index (χ4v) is 5.65. The molecule has 158 valence electrons. The first-order valence-electron chi connectivity index (χ1n) is 11.4. The minimum absolute atomic E-state index is 0.0876. The predicted molar refractivity (Wildman–Crippen MR) is 135 cm³/mol. The van der Waals surface area contributed by atoms with Crippen molar-refractivity contribution < 1.29 is 0 Å². The molecule has 0 amide bonds. The van der Waals surface area contributed by atoms with Gasteiger partial charge in [-0.3, -0.25) is 0 Å². The third-order valence-corrected chi connectivity index (χ3v) is 7.43. The Kier molecular flexibility index (Phi) is 3.89. The van der Waals surface area contributed by atoms with Gasteiger partial charge in [-0.05, 0) is 58.7 Å². The van der Waals surface area contributed by atoms with Crippen molar-refractivity contribution in [1.82, 2.24) is 0 Å². The van der Waals surface area contributed by atoms with Gasteiger partial charge in [0.2, 0.25) is 0 Å². The smallest absolute Gasteiger partial charge is 0.0507 e. The first-order chi connectivity index (χ1) is 15.4. The van der Waals surface area contributed by atoms with Gasteiger partial charge in [-0.25, -0.2) is 0 Å². The molecule has 4 aromatic carbocycles. The van der Waals surface area contributed by atoms with E-state index in [4.69, 9.17) is 0 Å². The van der Waals surface area contributed by atoms with E-state index in [2.05, 4.69) is 129 Å². The maximum Gasteiger partial charge on any atom is 0.0507 e. The van der Waals surface area contributed by atoms with E-state index in [1.54, 1.807) is 0 Å². The Hall–Kier alpha value is -3.52. The van der Waals surface area contributed by atoms with Crippen molar-refractivity contribution in [2.45, 2.75) is 38.5 Å². The summed E-state index contributed by atoms with van der Waals surface area (Å²) in [5, 5.41) is 3.74. The van der Waals surface area contributed by atoms with Crippen molar-refractivity contribution in [3.63, 3.8) is 0 Å². The lowest BCUT2D eigenvalue weighted by atomic mass is 9.69. The van der Waals surface area contributed by atoms with E-state index in [-0.39, 0.29) is 10.8 Å². The zero-order chi connectivity index (χ0) is 22.1. The van der Waals surface area contributed by atoms with Crippen LogP contribution >= 0.6 is 0 Å². The summed E-state index contributed by atoms with van der Waals surface area (Å²) in [7, 11) is 0. The Bertz CT molecular complexity index is 1350. The third kappa shape index (κ3) is 2.53. The number of fused-ring (bicyclic) bond motifs is 4. The van der Waals surface area contributed by atoms with E-state index in [0.717, 1.165) is 0 Å². The number of anilines is 5. The Morgan fingerprint density at radius 2 is 1.16 bits per heavy atom. The first kappa shape index (κ1) is 19.2. The molecular weight excluding hydrogens is 388 g/mol. The molecule has 2 aliphatic rings. The topological polar surface area (TPSA) is 15.3 Å². The van der Waals surface area contributed by atoms with E-state index in [1.807, 2.05) is 0 Å². The summed E-state index contributed by atoms with van der Waals surface area (Å²) in [4.78, 5) is 2.44. The van der Waals surface area contributed by atoms with Crippen LogP contribution in [0, 0.1) is 0 Å². The van der Waals surface area contributed by atoms with Gasteiger partial charge < -0.3 is 10.2 Å². The van der Waals surface area contributed by atoms with E-state index in [0.29, 0.717) is 0 Å². The summed E-state index contributed by atoms with van der Waals surface area (Å²) in [6, 6.07) is 33.1. The average molecular weight is 417 g/mol. The summed E-state index contributed by atoms with van der Waals surface area (Å²) >= 11 is 0. The highest BCUT2D eigenvalue weighted by atomic mass is 15.2. The number of para-hydroxylation sites is 3. The lowest BCUT2D eigenvalue weighted by Crippen LogP contribution is -2.33. The molecule has 1 N–H and O–H groups in total. The highest BCUT2D eigenvalue weighted by Crippen LogP contribution is 2.55. The van der Waals surface area contributed by atoms with Crippen molar-refractivity contribution in [2.75, 3.05) is 10.2 Å². The van der Waals surface area contributed by atoms with Crippen LogP contribution in [-0.2, 0) is 10.8 Å². The number of rotatable bonds is 1. The van der Waals surface area contributed by atoms with Crippen LogP contribution < -0.4 is 10.2 Å². The predicted octanol–water partition coefficient (Wildman–Crippen LogP) is 8.18. The molecule has 2 nitrogen and oxygen atoms in total. The molecule has 0 radical (unpaired) electrons.